The fourth-order valence-electron chi connectivity index (χ4n) is 1.81. The van der Waals surface area contributed by atoms with Crippen molar-refractivity contribution in [1.82, 2.24) is 9.78 Å². The van der Waals surface area contributed by atoms with Crippen LogP contribution >= 0.6 is 0 Å². The number of anilines is 1. The Morgan fingerprint density at radius 2 is 1.83 bits per heavy atom. The van der Waals surface area contributed by atoms with Crippen LogP contribution < -0.4 is 10.5 Å². The summed E-state index contributed by atoms with van der Waals surface area (Å²) < 4.78 is 7.42. The van der Waals surface area contributed by atoms with Crippen molar-refractivity contribution in [2.75, 3.05) is 5.73 Å². The molecule has 0 saturated heterocycles. The summed E-state index contributed by atoms with van der Waals surface area (Å²) in [6, 6.07) is 8.05. The molecule has 0 unspecified atom stereocenters. The maximum absolute atomic E-state index is 5.92. The van der Waals surface area contributed by atoms with Crippen molar-refractivity contribution in [2.45, 2.75) is 26.7 Å². The zero-order valence-electron chi connectivity index (χ0n) is 11.3. The lowest BCUT2D eigenvalue weighted by atomic mass is 10.0. The summed E-state index contributed by atoms with van der Waals surface area (Å²) in [6.07, 6.45) is 0. The van der Waals surface area contributed by atoms with Crippen molar-refractivity contribution in [1.29, 1.82) is 0 Å². The van der Waals surface area contributed by atoms with E-state index in [1.807, 2.05) is 26.1 Å². The monoisotopic (exact) mass is 245 g/mol. The van der Waals surface area contributed by atoms with Gasteiger partial charge in [-0.3, -0.25) is 0 Å². The summed E-state index contributed by atoms with van der Waals surface area (Å²) in [5, 5.41) is 4.22. The lowest BCUT2D eigenvalue weighted by molar-refractivity contribution is 0.432. The maximum atomic E-state index is 5.92. The van der Waals surface area contributed by atoms with E-state index in [2.05, 4.69) is 31.1 Å². The van der Waals surface area contributed by atoms with E-state index in [0.29, 0.717) is 17.5 Å². The molecule has 96 valence electrons. The number of aromatic nitrogens is 2. The van der Waals surface area contributed by atoms with E-state index >= 15 is 0 Å². The zero-order chi connectivity index (χ0) is 13.3. The molecule has 18 heavy (non-hydrogen) atoms. The molecule has 1 aromatic carbocycles. The third kappa shape index (κ3) is 2.32. The highest BCUT2D eigenvalue weighted by atomic mass is 16.5. The number of rotatable bonds is 3. The standard InChI is InChI=1S/C14H19N3O/c1-9(2)11-5-7-12(8-6-11)18-14-13(15)10(3)16-17(14)4/h5-9H,15H2,1-4H3. The van der Waals surface area contributed by atoms with E-state index in [1.165, 1.54) is 5.56 Å². The molecular weight excluding hydrogens is 226 g/mol. The summed E-state index contributed by atoms with van der Waals surface area (Å²) in [4.78, 5) is 0. The first-order valence-electron chi connectivity index (χ1n) is 6.06. The Morgan fingerprint density at radius 1 is 1.22 bits per heavy atom. The Bertz CT molecular complexity index is 541. The van der Waals surface area contributed by atoms with E-state index in [9.17, 15) is 0 Å². The minimum absolute atomic E-state index is 0.517. The lowest BCUT2D eigenvalue weighted by Crippen LogP contribution is -1.97. The van der Waals surface area contributed by atoms with Crippen LogP contribution in [0, 0.1) is 6.92 Å². The minimum atomic E-state index is 0.517. The van der Waals surface area contributed by atoms with E-state index in [-0.39, 0.29) is 0 Å². The molecule has 0 amide bonds. The van der Waals surface area contributed by atoms with Crippen LogP contribution in [0.25, 0.3) is 0 Å². The van der Waals surface area contributed by atoms with E-state index in [1.54, 1.807) is 4.68 Å². The van der Waals surface area contributed by atoms with E-state index in [4.69, 9.17) is 10.5 Å². The van der Waals surface area contributed by atoms with Gasteiger partial charge in [0, 0.05) is 7.05 Å². The third-order valence-electron chi connectivity index (χ3n) is 2.98. The molecule has 1 aromatic heterocycles. The summed E-state index contributed by atoms with van der Waals surface area (Å²) in [6.45, 7) is 6.20. The van der Waals surface area contributed by atoms with Gasteiger partial charge in [-0.2, -0.15) is 5.10 Å². The molecule has 0 aliphatic rings. The van der Waals surface area contributed by atoms with Gasteiger partial charge in [-0.05, 0) is 30.5 Å². The highest BCUT2D eigenvalue weighted by molar-refractivity contribution is 5.53. The van der Waals surface area contributed by atoms with Crippen LogP contribution in [0.2, 0.25) is 0 Å². The number of nitrogen functional groups attached to an aromatic ring is 1. The molecule has 0 atom stereocenters. The molecule has 0 bridgehead atoms. The normalized spacial score (nSPS) is 10.9. The largest absolute Gasteiger partial charge is 0.437 e. The molecular formula is C14H19N3O. The molecule has 0 radical (unpaired) electrons. The van der Waals surface area contributed by atoms with Crippen molar-refractivity contribution in [3.63, 3.8) is 0 Å². The molecule has 0 saturated carbocycles. The van der Waals surface area contributed by atoms with Crippen LogP contribution in [0.15, 0.2) is 24.3 Å². The lowest BCUT2D eigenvalue weighted by Gasteiger charge is -2.09. The first-order chi connectivity index (χ1) is 8.49. The van der Waals surface area contributed by atoms with Crippen LogP contribution in [0.1, 0.15) is 31.0 Å². The third-order valence-corrected chi connectivity index (χ3v) is 2.98. The molecule has 0 spiro atoms. The predicted molar refractivity (Wildman–Crippen MR) is 73.0 cm³/mol. The topological polar surface area (TPSA) is 53.1 Å². The first-order valence-corrected chi connectivity index (χ1v) is 6.06. The van der Waals surface area contributed by atoms with E-state index in [0.717, 1.165) is 11.4 Å². The van der Waals surface area contributed by atoms with Gasteiger partial charge in [-0.1, -0.05) is 26.0 Å². The smallest absolute Gasteiger partial charge is 0.241 e. The van der Waals surface area contributed by atoms with Crippen LogP contribution in [0.4, 0.5) is 5.69 Å². The molecule has 0 aliphatic carbocycles. The average Bonchev–Trinajstić information content (AvgIpc) is 2.57. The molecule has 0 fully saturated rings. The number of ether oxygens (including phenoxy) is 1. The van der Waals surface area contributed by atoms with Crippen molar-refractivity contribution < 1.29 is 4.74 Å². The Hall–Kier alpha value is -1.97. The van der Waals surface area contributed by atoms with Gasteiger partial charge in [-0.25, -0.2) is 4.68 Å². The predicted octanol–water partition coefficient (Wildman–Crippen LogP) is 3.23. The number of nitrogens with zero attached hydrogens (tertiary/aromatic N) is 2. The molecule has 2 aromatic rings. The Morgan fingerprint density at radius 3 is 2.28 bits per heavy atom. The van der Waals surface area contributed by atoms with Crippen molar-refractivity contribution in [2.24, 2.45) is 7.05 Å². The van der Waals surface area contributed by atoms with Crippen molar-refractivity contribution >= 4 is 5.69 Å². The fraction of sp³-hybridized carbons (Fsp3) is 0.357. The second kappa shape index (κ2) is 4.72. The summed E-state index contributed by atoms with van der Waals surface area (Å²) in [5.41, 5.74) is 8.58. The molecule has 4 heteroatoms. The van der Waals surface area contributed by atoms with Gasteiger partial charge in [0.15, 0.2) is 0 Å². The van der Waals surface area contributed by atoms with Gasteiger partial charge in [0.1, 0.15) is 11.4 Å². The minimum Gasteiger partial charge on any atom is -0.437 e. The molecule has 0 aliphatic heterocycles. The molecule has 2 rings (SSSR count). The zero-order valence-corrected chi connectivity index (χ0v) is 11.3. The molecule has 2 N–H and O–H groups in total. The quantitative estimate of drug-likeness (QED) is 0.903. The van der Waals surface area contributed by atoms with Crippen LogP contribution in [-0.2, 0) is 7.05 Å². The number of benzene rings is 1. The highest BCUT2D eigenvalue weighted by Gasteiger charge is 2.12. The van der Waals surface area contributed by atoms with Crippen molar-refractivity contribution in [3.05, 3.63) is 35.5 Å². The number of aryl methyl sites for hydroxylation is 2. The Balaban J connectivity index is 2.23. The Kier molecular flexibility index (Phi) is 3.28. The Labute approximate surface area is 107 Å². The summed E-state index contributed by atoms with van der Waals surface area (Å²) in [7, 11) is 1.82. The van der Waals surface area contributed by atoms with Crippen LogP contribution in [0.5, 0.6) is 11.6 Å². The average molecular weight is 245 g/mol. The van der Waals surface area contributed by atoms with Crippen molar-refractivity contribution in [3.8, 4) is 11.6 Å². The van der Waals surface area contributed by atoms with Gasteiger partial charge in [-0.15, -0.1) is 0 Å². The summed E-state index contributed by atoms with van der Waals surface area (Å²) >= 11 is 0. The van der Waals surface area contributed by atoms with Crippen LogP contribution in [0.3, 0.4) is 0 Å². The van der Waals surface area contributed by atoms with Gasteiger partial charge in [0.25, 0.3) is 0 Å². The number of hydrogen-bond acceptors (Lipinski definition) is 3. The molecule has 1 heterocycles. The second-order valence-electron chi connectivity index (χ2n) is 4.75. The highest BCUT2D eigenvalue weighted by Crippen LogP contribution is 2.29. The van der Waals surface area contributed by atoms with Gasteiger partial charge in [0.2, 0.25) is 5.88 Å². The first kappa shape index (κ1) is 12.5. The SMILES string of the molecule is Cc1nn(C)c(Oc2ccc(C(C)C)cc2)c1N. The van der Waals surface area contributed by atoms with Gasteiger partial charge in [0.05, 0.1) is 5.69 Å². The maximum Gasteiger partial charge on any atom is 0.241 e. The van der Waals surface area contributed by atoms with Crippen LogP contribution in [-0.4, -0.2) is 9.78 Å². The molecule has 4 nitrogen and oxygen atoms in total. The summed E-state index contributed by atoms with van der Waals surface area (Å²) in [5.74, 6) is 1.88. The second-order valence-corrected chi connectivity index (χ2v) is 4.75. The fourth-order valence-corrected chi connectivity index (χ4v) is 1.81. The number of hydrogen-bond donors (Lipinski definition) is 1. The number of nitrogens with two attached hydrogens (primary N) is 1. The van der Waals surface area contributed by atoms with Gasteiger partial charge < -0.3 is 10.5 Å². The van der Waals surface area contributed by atoms with E-state index < -0.39 is 0 Å². The van der Waals surface area contributed by atoms with Gasteiger partial charge >= 0.3 is 0 Å².